The van der Waals surface area contributed by atoms with E-state index in [2.05, 4.69) is 4.90 Å². The van der Waals surface area contributed by atoms with Gasteiger partial charge in [0.2, 0.25) is 0 Å². The molecule has 0 radical (unpaired) electrons. The summed E-state index contributed by atoms with van der Waals surface area (Å²) in [6.45, 7) is 3.11. The molecule has 1 atom stereocenters. The van der Waals surface area contributed by atoms with Gasteiger partial charge in [-0.05, 0) is 12.1 Å². The van der Waals surface area contributed by atoms with E-state index in [4.69, 9.17) is 9.57 Å². The summed E-state index contributed by atoms with van der Waals surface area (Å²) in [4.78, 5) is 31.5. The highest BCUT2D eigenvalue weighted by molar-refractivity contribution is 6.20. The van der Waals surface area contributed by atoms with E-state index in [1.54, 1.807) is 24.3 Å². The number of ether oxygens (including phenoxy) is 1. The number of nitrogens with zero attached hydrogens (tertiary/aromatic N) is 2. The number of aliphatic hydroxyl groups is 1. The lowest BCUT2D eigenvalue weighted by Crippen LogP contribution is -2.43. The van der Waals surface area contributed by atoms with Gasteiger partial charge >= 0.3 is 0 Å². The molecule has 1 saturated heterocycles. The second-order valence-electron chi connectivity index (χ2n) is 5.31. The summed E-state index contributed by atoms with van der Waals surface area (Å²) >= 11 is 0. The third-order valence-corrected chi connectivity index (χ3v) is 3.73. The van der Waals surface area contributed by atoms with Gasteiger partial charge < -0.3 is 9.84 Å². The first-order valence-electron chi connectivity index (χ1n) is 7.25. The fourth-order valence-electron chi connectivity index (χ4n) is 2.58. The van der Waals surface area contributed by atoms with Crippen molar-refractivity contribution in [1.29, 1.82) is 0 Å². The number of hydrogen-bond donors (Lipinski definition) is 1. The van der Waals surface area contributed by atoms with Gasteiger partial charge in [0.1, 0.15) is 6.61 Å². The van der Waals surface area contributed by atoms with Crippen LogP contribution >= 0.6 is 0 Å². The SMILES string of the molecule is O=C1c2ccccc2C(=O)N1OCC(O)CN1CCOCC1. The molecule has 1 unspecified atom stereocenters. The van der Waals surface area contributed by atoms with Gasteiger partial charge in [0.05, 0.1) is 30.4 Å². The van der Waals surface area contributed by atoms with E-state index in [1.807, 2.05) is 0 Å². The number of fused-ring (bicyclic) bond motifs is 1. The Morgan fingerprint density at radius 2 is 1.73 bits per heavy atom. The minimum absolute atomic E-state index is 0.108. The van der Waals surface area contributed by atoms with Gasteiger partial charge in [-0.3, -0.25) is 19.3 Å². The number of morpholine rings is 1. The number of rotatable bonds is 5. The molecule has 7 nitrogen and oxygen atoms in total. The van der Waals surface area contributed by atoms with Gasteiger partial charge in [-0.1, -0.05) is 12.1 Å². The molecule has 0 spiro atoms. The zero-order valence-corrected chi connectivity index (χ0v) is 12.1. The highest BCUT2D eigenvalue weighted by Gasteiger charge is 2.36. The first kappa shape index (κ1) is 15.1. The van der Waals surface area contributed by atoms with Crippen molar-refractivity contribution in [3.63, 3.8) is 0 Å². The van der Waals surface area contributed by atoms with Crippen LogP contribution in [0, 0.1) is 0 Å². The normalized spacial score (nSPS) is 20.3. The van der Waals surface area contributed by atoms with Crippen LogP contribution < -0.4 is 0 Å². The summed E-state index contributed by atoms with van der Waals surface area (Å²) in [5, 5.41) is 10.7. The molecule has 0 saturated carbocycles. The zero-order chi connectivity index (χ0) is 15.5. The molecule has 1 N–H and O–H groups in total. The average Bonchev–Trinajstić information content (AvgIpc) is 2.78. The van der Waals surface area contributed by atoms with Crippen LogP contribution in [0.25, 0.3) is 0 Å². The monoisotopic (exact) mass is 306 g/mol. The van der Waals surface area contributed by atoms with Crippen molar-refractivity contribution >= 4 is 11.8 Å². The van der Waals surface area contributed by atoms with E-state index in [0.29, 0.717) is 30.9 Å². The number of aliphatic hydroxyl groups excluding tert-OH is 1. The van der Waals surface area contributed by atoms with E-state index in [0.717, 1.165) is 18.2 Å². The number of hydroxylamine groups is 2. The fraction of sp³-hybridized carbons (Fsp3) is 0.467. The van der Waals surface area contributed by atoms with Crippen molar-refractivity contribution in [2.45, 2.75) is 6.10 Å². The molecule has 2 aliphatic heterocycles. The van der Waals surface area contributed by atoms with E-state index in [9.17, 15) is 14.7 Å². The second kappa shape index (κ2) is 6.53. The van der Waals surface area contributed by atoms with E-state index in [1.165, 1.54) is 0 Å². The van der Waals surface area contributed by atoms with Gasteiger partial charge in [0.25, 0.3) is 11.8 Å². The Labute approximate surface area is 128 Å². The van der Waals surface area contributed by atoms with Gasteiger partial charge in [0.15, 0.2) is 0 Å². The third kappa shape index (κ3) is 3.02. The van der Waals surface area contributed by atoms with Crippen LogP contribution in [0.4, 0.5) is 0 Å². The van der Waals surface area contributed by atoms with Crippen LogP contribution in [-0.2, 0) is 9.57 Å². The molecule has 1 fully saturated rings. The number of carbonyl (C=O) groups excluding carboxylic acids is 2. The molecular weight excluding hydrogens is 288 g/mol. The van der Waals surface area contributed by atoms with Crippen molar-refractivity contribution in [3.8, 4) is 0 Å². The predicted molar refractivity (Wildman–Crippen MR) is 76.2 cm³/mol. The summed E-state index contributed by atoms with van der Waals surface area (Å²) in [6.07, 6.45) is -0.776. The Balaban J connectivity index is 1.54. The fourth-order valence-corrected chi connectivity index (χ4v) is 2.58. The molecule has 1 aromatic rings. The molecule has 2 amide bonds. The molecule has 7 heteroatoms. The molecule has 0 aromatic heterocycles. The first-order chi connectivity index (χ1) is 10.7. The van der Waals surface area contributed by atoms with E-state index in [-0.39, 0.29) is 6.61 Å². The number of imide groups is 1. The van der Waals surface area contributed by atoms with Crippen LogP contribution in [0.2, 0.25) is 0 Å². The van der Waals surface area contributed by atoms with E-state index < -0.39 is 17.9 Å². The van der Waals surface area contributed by atoms with Crippen LogP contribution in [0.3, 0.4) is 0 Å². The van der Waals surface area contributed by atoms with Crippen molar-refractivity contribution < 1.29 is 24.3 Å². The Morgan fingerprint density at radius 3 is 2.32 bits per heavy atom. The number of carbonyl (C=O) groups is 2. The number of hydrogen-bond acceptors (Lipinski definition) is 6. The van der Waals surface area contributed by atoms with Crippen LogP contribution in [0.1, 0.15) is 20.7 Å². The maximum absolute atomic E-state index is 12.1. The lowest BCUT2D eigenvalue weighted by molar-refractivity contribution is -0.121. The topological polar surface area (TPSA) is 79.3 Å². The summed E-state index contributed by atoms with van der Waals surface area (Å²) in [5.41, 5.74) is 0.658. The first-order valence-corrected chi connectivity index (χ1v) is 7.25. The largest absolute Gasteiger partial charge is 0.389 e. The number of amides is 2. The Bertz CT molecular complexity index is 536. The molecule has 0 bridgehead atoms. The van der Waals surface area contributed by atoms with Gasteiger partial charge in [-0.25, -0.2) is 0 Å². The zero-order valence-electron chi connectivity index (χ0n) is 12.1. The molecule has 0 aliphatic carbocycles. The minimum Gasteiger partial charge on any atom is -0.389 e. The molecule has 1 aromatic carbocycles. The Hall–Kier alpha value is -1.80. The van der Waals surface area contributed by atoms with Crippen molar-refractivity contribution in [2.75, 3.05) is 39.5 Å². The van der Waals surface area contributed by atoms with Crippen molar-refractivity contribution in [2.24, 2.45) is 0 Å². The van der Waals surface area contributed by atoms with Crippen molar-refractivity contribution in [3.05, 3.63) is 35.4 Å². The highest BCUT2D eigenvalue weighted by Crippen LogP contribution is 2.22. The quantitative estimate of drug-likeness (QED) is 0.766. The number of benzene rings is 1. The lowest BCUT2D eigenvalue weighted by atomic mass is 10.1. The minimum atomic E-state index is -0.776. The molecule has 3 rings (SSSR count). The van der Waals surface area contributed by atoms with E-state index >= 15 is 0 Å². The predicted octanol–water partition coefficient (Wildman–Crippen LogP) is -0.0927. The lowest BCUT2D eigenvalue weighted by Gasteiger charge is -2.28. The second-order valence-corrected chi connectivity index (χ2v) is 5.31. The van der Waals surface area contributed by atoms with Gasteiger partial charge in [0, 0.05) is 19.6 Å². The van der Waals surface area contributed by atoms with Crippen LogP contribution in [0.5, 0.6) is 0 Å². The molecule has 118 valence electrons. The number of β-amino-alcohol motifs (C(OH)–C–C–N with tert-alkyl or cyclic N) is 1. The van der Waals surface area contributed by atoms with Gasteiger partial charge in [-0.2, -0.15) is 0 Å². The summed E-state index contributed by atoms with van der Waals surface area (Å²) in [7, 11) is 0. The molecule has 2 aliphatic rings. The highest BCUT2D eigenvalue weighted by atomic mass is 16.7. The maximum Gasteiger partial charge on any atom is 0.285 e. The van der Waals surface area contributed by atoms with Crippen LogP contribution in [-0.4, -0.2) is 72.4 Å². The smallest absolute Gasteiger partial charge is 0.285 e. The summed E-state index contributed by atoms with van der Waals surface area (Å²) in [5.74, 6) is -0.974. The molecular formula is C15H18N2O5. The maximum atomic E-state index is 12.1. The Morgan fingerprint density at radius 1 is 1.14 bits per heavy atom. The van der Waals surface area contributed by atoms with Crippen molar-refractivity contribution in [1.82, 2.24) is 9.96 Å². The third-order valence-electron chi connectivity index (χ3n) is 3.73. The standard InChI is InChI=1S/C15H18N2O5/c18-11(9-16-5-7-21-8-6-16)10-22-17-14(19)12-3-1-2-4-13(12)15(17)20/h1-4,11,18H,5-10H2. The average molecular weight is 306 g/mol. The Kier molecular flexibility index (Phi) is 4.49. The summed E-state index contributed by atoms with van der Waals surface area (Å²) in [6, 6.07) is 6.56. The van der Waals surface area contributed by atoms with Gasteiger partial charge in [-0.15, -0.1) is 5.06 Å². The molecule has 22 heavy (non-hydrogen) atoms. The van der Waals surface area contributed by atoms with Crippen LogP contribution in [0.15, 0.2) is 24.3 Å². The summed E-state index contributed by atoms with van der Waals surface area (Å²) < 4.78 is 5.23. The molecule has 2 heterocycles.